The third kappa shape index (κ3) is 4.10. The first-order valence-corrected chi connectivity index (χ1v) is 8.57. The molecule has 1 saturated heterocycles. The number of nitrogens with zero attached hydrogens (tertiary/aromatic N) is 5. The second kappa shape index (κ2) is 7.72. The molecule has 1 aliphatic rings. The van der Waals surface area contributed by atoms with Gasteiger partial charge < -0.3 is 4.90 Å². The number of hydrogen-bond acceptors (Lipinski definition) is 5. The van der Waals surface area contributed by atoms with Gasteiger partial charge in [-0.25, -0.2) is 9.97 Å². The van der Waals surface area contributed by atoms with Gasteiger partial charge in [-0.15, -0.1) is 0 Å². The molecule has 1 fully saturated rings. The zero-order valence-electron chi connectivity index (χ0n) is 13.7. The minimum absolute atomic E-state index is 0.0403. The number of aryl methyl sites for hydroxylation is 1. The van der Waals surface area contributed by atoms with E-state index in [1.807, 2.05) is 11.8 Å². The summed E-state index contributed by atoms with van der Waals surface area (Å²) in [5, 5.41) is 7.69. The standard InChI is InChI=1S/C16H21ClN6O/c1-2-14-19-15(21-20-14)11-22-6-3-7-23(9-8-22)16(24)13-5-4-12(17)10-18-13/h4-5,10H,2-3,6-9,11H2,1H3,(H,19,20,21). The summed E-state index contributed by atoms with van der Waals surface area (Å²) in [5.74, 6) is 1.68. The van der Waals surface area contributed by atoms with Crippen LogP contribution in [0.1, 0.15) is 35.5 Å². The van der Waals surface area contributed by atoms with Crippen LogP contribution >= 0.6 is 11.6 Å². The first-order chi connectivity index (χ1) is 11.7. The van der Waals surface area contributed by atoms with E-state index in [-0.39, 0.29) is 5.91 Å². The van der Waals surface area contributed by atoms with Gasteiger partial charge in [0.2, 0.25) is 0 Å². The number of aromatic nitrogens is 4. The molecule has 3 rings (SSSR count). The molecule has 0 saturated carbocycles. The van der Waals surface area contributed by atoms with Crippen molar-refractivity contribution in [3.8, 4) is 0 Å². The minimum atomic E-state index is -0.0403. The number of aromatic amines is 1. The summed E-state index contributed by atoms with van der Waals surface area (Å²) in [6.07, 6.45) is 3.26. The highest BCUT2D eigenvalue weighted by Gasteiger charge is 2.21. The van der Waals surface area contributed by atoms with Crippen molar-refractivity contribution in [1.82, 2.24) is 30.0 Å². The summed E-state index contributed by atoms with van der Waals surface area (Å²) in [6, 6.07) is 3.37. The van der Waals surface area contributed by atoms with Crippen LogP contribution in [0, 0.1) is 0 Å². The monoisotopic (exact) mass is 348 g/mol. The Morgan fingerprint density at radius 1 is 1.29 bits per heavy atom. The van der Waals surface area contributed by atoms with E-state index < -0.39 is 0 Å². The van der Waals surface area contributed by atoms with Crippen molar-refractivity contribution in [2.24, 2.45) is 0 Å². The third-order valence-corrected chi connectivity index (χ3v) is 4.31. The Balaban J connectivity index is 1.58. The third-order valence-electron chi connectivity index (χ3n) is 4.09. The lowest BCUT2D eigenvalue weighted by molar-refractivity contribution is 0.0755. The predicted octanol–water partition coefficient (Wildman–Crippen LogP) is 1.76. The molecule has 0 aliphatic carbocycles. The lowest BCUT2D eigenvalue weighted by Crippen LogP contribution is -2.35. The molecule has 0 spiro atoms. The highest BCUT2D eigenvalue weighted by molar-refractivity contribution is 6.30. The molecule has 7 nitrogen and oxygen atoms in total. The molecular weight excluding hydrogens is 328 g/mol. The molecule has 1 N–H and O–H groups in total. The van der Waals surface area contributed by atoms with Crippen LogP contribution in [0.5, 0.6) is 0 Å². The summed E-state index contributed by atoms with van der Waals surface area (Å²) < 4.78 is 0. The van der Waals surface area contributed by atoms with E-state index in [0.717, 1.165) is 50.7 Å². The fourth-order valence-electron chi connectivity index (χ4n) is 2.77. The molecule has 0 radical (unpaired) electrons. The molecule has 128 valence electrons. The molecule has 0 aromatic carbocycles. The van der Waals surface area contributed by atoms with Crippen LogP contribution in [0.15, 0.2) is 18.3 Å². The lowest BCUT2D eigenvalue weighted by Gasteiger charge is -2.21. The molecule has 0 bridgehead atoms. The Kier molecular flexibility index (Phi) is 5.42. The van der Waals surface area contributed by atoms with Crippen LogP contribution in [-0.4, -0.2) is 62.1 Å². The molecule has 24 heavy (non-hydrogen) atoms. The Hall–Kier alpha value is -1.99. The van der Waals surface area contributed by atoms with E-state index in [1.165, 1.54) is 6.20 Å². The van der Waals surface area contributed by atoms with Crippen LogP contribution in [-0.2, 0) is 13.0 Å². The predicted molar refractivity (Wildman–Crippen MR) is 90.8 cm³/mol. The average Bonchev–Trinajstić information content (AvgIpc) is 2.92. The van der Waals surface area contributed by atoms with Gasteiger partial charge in [0.05, 0.1) is 11.6 Å². The average molecular weight is 349 g/mol. The summed E-state index contributed by atoms with van der Waals surface area (Å²) in [6.45, 7) is 5.91. The number of hydrogen-bond donors (Lipinski definition) is 1. The topological polar surface area (TPSA) is 78.0 Å². The number of nitrogens with one attached hydrogen (secondary N) is 1. The Morgan fingerprint density at radius 3 is 2.88 bits per heavy atom. The maximum atomic E-state index is 12.5. The molecule has 2 aromatic heterocycles. The molecule has 2 aromatic rings. The van der Waals surface area contributed by atoms with E-state index in [4.69, 9.17) is 11.6 Å². The summed E-state index contributed by atoms with van der Waals surface area (Å²) >= 11 is 5.83. The molecule has 0 atom stereocenters. The summed E-state index contributed by atoms with van der Waals surface area (Å²) in [7, 11) is 0. The van der Waals surface area contributed by atoms with Crippen LogP contribution in [0.4, 0.5) is 0 Å². The number of halogens is 1. The first kappa shape index (κ1) is 16.9. The Bertz CT molecular complexity index is 686. The number of H-pyrrole nitrogens is 1. The van der Waals surface area contributed by atoms with Gasteiger partial charge in [-0.1, -0.05) is 18.5 Å². The molecule has 3 heterocycles. The van der Waals surface area contributed by atoms with Gasteiger partial charge in [-0.3, -0.25) is 14.8 Å². The van der Waals surface area contributed by atoms with Crippen molar-refractivity contribution < 1.29 is 4.79 Å². The van der Waals surface area contributed by atoms with Gasteiger partial charge in [-0.05, 0) is 18.6 Å². The Labute approximate surface area is 146 Å². The molecular formula is C16H21ClN6O. The molecule has 8 heteroatoms. The van der Waals surface area contributed by atoms with Crippen molar-refractivity contribution >= 4 is 17.5 Å². The van der Waals surface area contributed by atoms with Crippen LogP contribution in [0.25, 0.3) is 0 Å². The maximum Gasteiger partial charge on any atom is 0.272 e. The highest BCUT2D eigenvalue weighted by atomic mass is 35.5. The minimum Gasteiger partial charge on any atom is -0.336 e. The second-order valence-electron chi connectivity index (χ2n) is 5.84. The lowest BCUT2D eigenvalue weighted by atomic mass is 10.3. The van der Waals surface area contributed by atoms with Crippen LogP contribution in [0.3, 0.4) is 0 Å². The summed E-state index contributed by atoms with van der Waals surface area (Å²) in [5.41, 5.74) is 0.440. The first-order valence-electron chi connectivity index (χ1n) is 8.19. The van der Waals surface area contributed by atoms with Gasteiger partial charge in [0.25, 0.3) is 5.91 Å². The largest absolute Gasteiger partial charge is 0.336 e. The van der Waals surface area contributed by atoms with E-state index in [2.05, 4.69) is 25.1 Å². The molecule has 0 unspecified atom stereocenters. The van der Waals surface area contributed by atoms with E-state index in [9.17, 15) is 4.79 Å². The SMILES string of the molecule is CCc1n[nH]c(CN2CCCN(C(=O)c3ccc(Cl)cn3)CC2)n1. The zero-order chi connectivity index (χ0) is 16.9. The maximum absolute atomic E-state index is 12.5. The van der Waals surface area contributed by atoms with Crippen LogP contribution < -0.4 is 0 Å². The number of pyridine rings is 1. The smallest absolute Gasteiger partial charge is 0.272 e. The van der Waals surface area contributed by atoms with Gasteiger partial charge >= 0.3 is 0 Å². The number of rotatable bonds is 4. The number of carbonyl (C=O) groups excluding carboxylic acids is 1. The Morgan fingerprint density at radius 2 is 2.17 bits per heavy atom. The van der Waals surface area contributed by atoms with E-state index >= 15 is 0 Å². The fraction of sp³-hybridized carbons (Fsp3) is 0.500. The molecule has 1 amide bonds. The quantitative estimate of drug-likeness (QED) is 0.911. The summed E-state index contributed by atoms with van der Waals surface area (Å²) in [4.78, 5) is 25.3. The number of amides is 1. The highest BCUT2D eigenvalue weighted by Crippen LogP contribution is 2.12. The van der Waals surface area contributed by atoms with Gasteiger partial charge in [0, 0.05) is 38.8 Å². The van der Waals surface area contributed by atoms with Crippen molar-refractivity contribution in [3.63, 3.8) is 0 Å². The second-order valence-corrected chi connectivity index (χ2v) is 6.27. The van der Waals surface area contributed by atoms with Crippen molar-refractivity contribution in [2.75, 3.05) is 26.2 Å². The fourth-order valence-corrected chi connectivity index (χ4v) is 2.88. The van der Waals surface area contributed by atoms with E-state index in [1.54, 1.807) is 12.1 Å². The van der Waals surface area contributed by atoms with Gasteiger partial charge in [0.15, 0.2) is 0 Å². The molecule has 1 aliphatic heterocycles. The van der Waals surface area contributed by atoms with Crippen molar-refractivity contribution in [1.29, 1.82) is 0 Å². The van der Waals surface area contributed by atoms with Crippen molar-refractivity contribution in [2.45, 2.75) is 26.3 Å². The van der Waals surface area contributed by atoms with Gasteiger partial charge in [0.1, 0.15) is 17.3 Å². The zero-order valence-corrected chi connectivity index (χ0v) is 14.5. The van der Waals surface area contributed by atoms with E-state index in [0.29, 0.717) is 17.3 Å². The van der Waals surface area contributed by atoms with Gasteiger partial charge in [-0.2, -0.15) is 5.10 Å². The van der Waals surface area contributed by atoms with Crippen LogP contribution in [0.2, 0.25) is 5.02 Å². The normalized spacial score (nSPS) is 16.2. The number of carbonyl (C=O) groups is 1. The van der Waals surface area contributed by atoms with Crippen molar-refractivity contribution in [3.05, 3.63) is 40.7 Å².